The number of hydrogen-bond acceptors (Lipinski definition) is 3. The predicted molar refractivity (Wildman–Crippen MR) is 93.2 cm³/mol. The van der Waals surface area contributed by atoms with E-state index < -0.39 is 0 Å². The third-order valence-corrected chi connectivity index (χ3v) is 5.04. The SMILES string of the molecule is Cc1cccc(CN2CCN(CC(=O)N[C@@H](C)C3CC3)CC2)c1. The number of nitrogens with zero attached hydrogens (tertiary/aromatic N) is 2. The van der Waals surface area contributed by atoms with E-state index in [0.29, 0.717) is 12.6 Å². The Morgan fingerprint density at radius 1 is 1.22 bits per heavy atom. The van der Waals surface area contributed by atoms with Crippen molar-refractivity contribution < 1.29 is 4.79 Å². The molecule has 23 heavy (non-hydrogen) atoms. The first kappa shape index (κ1) is 16.5. The van der Waals surface area contributed by atoms with Gasteiger partial charge in [0, 0.05) is 38.8 Å². The predicted octanol–water partition coefficient (Wildman–Crippen LogP) is 2.03. The summed E-state index contributed by atoms with van der Waals surface area (Å²) in [6.07, 6.45) is 2.55. The minimum Gasteiger partial charge on any atom is -0.352 e. The number of rotatable bonds is 6. The molecular formula is C19H29N3O. The molecule has 2 fully saturated rings. The first-order valence-corrected chi connectivity index (χ1v) is 8.90. The second kappa shape index (κ2) is 7.45. The van der Waals surface area contributed by atoms with Gasteiger partial charge in [-0.05, 0) is 38.2 Å². The number of nitrogens with one attached hydrogen (secondary N) is 1. The van der Waals surface area contributed by atoms with E-state index in [9.17, 15) is 4.79 Å². The molecule has 4 nitrogen and oxygen atoms in total. The highest BCUT2D eigenvalue weighted by Crippen LogP contribution is 2.32. The third-order valence-electron chi connectivity index (χ3n) is 5.04. The van der Waals surface area contributed by atoms with Crippen molar-refractivity contribution in [1.82, 2.24) is 15.1 Å². The van der Waals surface area contributed by atoms with Gasteiger partial charge in [0.1, 0.15) is 0 Å². The highest BCUT2D eigenvalue weighted by molar-refractivity contribution is 5.78. The molecule has 1 atom stereocenters. The minimum atomic E-state index is 0.191. The Balaban J connectivity index is 1.38. The number of piperazine rings is 1. The summed E-state index contributed by atoms with van der Waals surface area (Å²) in [6, 6.07) is 9.09. The first-order valence-electron chi connectivity index (χ1n) is 8.90. The molecule has 2 aliphatic rings. The number of benzene rings is 1. The Morgan fingerprint density at radius 3 is 2.57 bits per heavy atom. The van der Waals surface area contributed by atoms with Gasteiger partial charge in [0.05, 0.1) is 6.54 Å². The van der Waals surface area contributed by atoms with Gasteiger partial charge in [0.25, 0.3) is 0 Å². The summed E-state index contributed by atoms with van der Waals surface area (Å²) in [5.74, 6) is 0.918. The lowest BCUT2D eigenvalue weighted by molar-refractivity contribution is -0.123. The van der Waals surface area contributed by atoms with Crippen molar-refractivity contribution in [3.63, 3.8) is 0 Å². The molecule has 0 radical (unpaired) electrons. The fraction of sp³-hybridized carbons (Fsp3) is 0.632. The average Bonchev–Trinajstić information content (AvgIpc) is 3.34. The lowest BCUT2D eigenvalue weighted by atomic mass is 10.1. The molecule has 1 aromatic rings. The standard InChI is InChI=1S/C19H29N3O/c1-15-4-3-5-17(12-15)13-21-8-10-22(11-9-21)14-19(23)20-16(2)18-6-7-18/h3-5,12,16,18H,6-11,13-14H2,1-2H3,(H,20,23)/t16-/m0/s1. The summed E-state index contributed by atoms with van der Waals surface area (Å²) >= 11 is 0. The fourth-order valence-corrected chi connectivity index (χ4v) is 3.39. The molecule has 0 unspecified atom stereocenters. The molecule has 3 rings (SSSR count). The molecule has 4 heteroatoms. The molecule has 1 saturated carbocycles. The Kier molecular flexibility index (Phi) is 5.34. The Labute approximate surface area is 139 Å². The van der Waals surface area contributed by atoms with Crippen LogP contribution in [-0.4, -0.2) is 54.5 Å². The highest BCUT2D eigenvalue weighted by atomic mass is 16.2. The largest absolute Gasteiger partial charge is 0.352 e. The van der Waals surface area contributed by atoms with E-state index in [2.05, 4.69) is 53.2 Å². The maximum atomic E-state index is 12.1. The molecule has 1 heterocycles. The van der Waals surface area contributed by atoms with Crippen LogP contribution in [0.15, 0.2) is 24.3 Å². The van der Waals surface area contributed by atoms with Crippen LogP contribution in [0, 0.1) is 12.8 Å². The van der Waals surface area contributed by atoms with Gasteiger partial charge >= 0.3 is 0 Å². The zero-order valence-corrected chi connectivity index (χ0v) is 14.4. The zero-order valence-electron chi connectivity index (χ0n) is 14.4. The number of aryl methyl sites for hydroxylation is 1. The van der Waals surface area contributed by atoms with Crippen LogP contribution in [0.25, 0.3) is 0 Å². The second-order valence-electron chi connectivity index (χ2n) is 7.23. The fourth-order valence-electron chi connectivity index (χ4n) is 3.39. The van der Waals surface area contributed by atoms with E-state index in [1.54, 1.807) is 0 Å². The van der Waals surface area contributed by atoms with Crippen molar-refractivity contribution in [2.45, 2.75) is 39.3 Å². The van der Waals surface area contributed by atoms with Crippen molar-refractivity contribution in [2.75, 3.05) is 32.7 Å². The lowest BCUT2D eigenvalue weighted by Crippen LogP contribution is -2.50. The van der Waals surface area contributed by atoms with Crippen LogP contribution in [0.5, 0.6) is 0 Å². The van der Waals surface area contributed by atoms with E-state index in [-0.39, 0.29) is 5.91 Å². The summed E-state index contributed by atoms with van der Waals surface area (Å²) in [5.41, 5.74) is 2.71. The van der Waals surface area contributed by atoms with E-state index >= 15 is 0 Å². The molecule has 1 aliphatic heterocycles. The molecule has 0 aromatic heterocycles. The minimum absolute atomic E-state index is 0.191. The van der Waals surface area contributed by atoms with Gasteiger partial charge in [-0.15, -0.1) is 0 Å². The van der Waals surface area contributed by atoms with E-state index in [4.69, 9.17) is 0 Å². The molecule has 0 bridgehead atoms. The van der Waals surface area contributed by atoms with Crippen LogP contribution >= 0.6 is 0 Å². The van der Waals surface area contributed by atoms with Crippen molar-refractivity contribution in [2.24, 2.45) is 5.92 Å². The Hall–Kier alpha value is -1.39. The third kappa shape index (κ3) is 5.05. The van der Waals surface area contributed by atoms with Crippen molar-refractivity contribution in [3.05, 3.63) is 35.4 Å². The monoisotopic (exact) mass is 315 g/mol. The molecule has 1 amide bonds. The number of hydrogen-bond donors (Lipinski definition) is 1. The molecule has 1 N–H and O–H groups in total. The van der Waals surface area contributed by atoms with Gasteiger partial charge in [-0.2, -0.15) is 0 Å². The Bertz CT molecular complexity index is 533. The number of carbonyl (C=O) groups is 1. The molecule has 1 aromatic carbocycles. The zero-order chi connectivity index (χ0) is 16.2. The van der Waals surface area contributed by atoms with E-state index in [0.717, 1.165) is 38.6 Å². The van der Waals surface area contributed by atoms with Gasteiger partial charge in [-0.25, -0.2) is 0 Å². The molecule has 126 valence electrons. The lowest BCUT2D eigenvalue weighted by Gasteiger charge is -2.34. The van der Waals surface area contributed by atoms with Gasteiger partial charge < -0.3 is 5.32 Å². The van der Waals surface area contributed by atoms with E-state index in [1.807, 2.05) is 0 Å². The smallest absolute Gasteiger partial charge is 0.234 e. The summed E-state index contributed by atoms with van der Waals surface area (Å²) in [6.45, 7) is 9.89. The van der Waals surface area contributed by atoms with Crippen LogP contribution in [-0.2, 0) is 11.3 Å². The van der Waals surface area contributed by atoms with E-state index in [1.165, 1.54) is 24.0 Å². The maximum Gasteiger partial charge on any atom is 0.234 e. The molecule has 1 aliphatic carbocycles. The molecular weight excluding hydrogens is 286 g/mol. The maximum absolute atomic E-state index is 12.1. The Morgan fingerprint density at radius 2 is 1.91 bits per heavy atom. The van der Waals surface area contributed by atoms with Gasteiger partial charge in [-0.3, -0.25) is 14.6 Å². The van der Waals surface area contributed by atoms with Crippen molar-refractivity contribution >= 4 is 5.91 Å². The van der Waals surface area contributed by atoms with Crippen LogP contribution in [0.1, 0.15) is 30.9 Å². The molecule has 0 spiro atoms. The number of amides is 1. The van der Waals surface area contributed by atoms with Gasteiger partial charge in [-0.1, -0.05) is 29.8 Å². The van der Waals surface area contributed by atoms with Crippen LogP contribution in [0.3, 0.4) is 0 Å². The normalized spacial score (nSPS) is 21.1. The van der Waals surface area contributed by atoms with Crippen LogP contribution < -0.4 is 5.32 Å². The van der Waals surface area contributed by atoms with Gasteiger partial charge in [0.2, 0.25) is 5.91 Å². The van der Waals surface area contributed by atoms with Gasteiger partial charge in [0.15, 0.2) is 0 Å². The first-order chi connectivity index (χ1) is 11.1. The quantitative estimate of drug-likeness (QED) is 0.872. The van der Waals surface area contributed by atoms with Crippen LogP contribution in [0.4, 0.5) is 0 Å². The molecule has 1 saturated heterocycles. The summed E-state index contributed by atoms with van der Waals surface area (Å²) in [4.78, 5) is 16.9. The average molecular weight is 315 g/mol. The summed E-state index contributed by atoms with van der Waals surface area (Å²) < 4.78 is 0. The number of carbonyl (C=O) groups excluding carboxylic acids is 1. The summed E-state index contributed by atoms with van der Waals surface area (Å²) in [7, 11) is 0. The second-order valence-corrected chi connectivity index (χ2v) is 7.23. The highest BCUT2D eigenvalue weighted by Gasteiger charge is 2.29. The van der Waals surface area contributed by atoms with Crippen molar-refractivity contribution in [3.8, 4) is 0 Å². The topological polar surface area (TPSA) is 35.6 Å². The van der Waals surface area contributed by atoms with Crippen LogP contribution in [0.2, 0.25) is 0 Å². The summed E-state index contributed by atoms with van der Waals surface area (Å²) in [5, 5.41) is 3.15. The van der Waals surface area contributed by atoms with Crippen molar-refractivity contribution in [1.29, 1.82) is 0 Å².